The molecule has 0 heterocycles. The first-order valence-corrected chi connectivity index (χ1v) is 5.80. The molecule has 7 nitrogen and oxygen atoms in total. The first-order valence-electron chi connectivity index (χ1n) is 5.80. The maximum absolute atomic E-state index is 11.0. The molecule has 0 bridgehead atoms. The molecule has 0 aliphatic heterocycles. The van der Waals surface area contributed by atoms with E-state index >= 15 is 0 Å². The molecule has 1 rings (SSSR count). The fourth-order valence-electron chi connectivity index (χ4n) is 1.60. The van der Waals surface area contributed by atoms with Gasteiger partial charge in [-0.15, -0.1) is 0 Å². The quantitative estimate of drug-likeness (QED) is 0.357. The average molecular weight is 277 g/mol. The summed E-state index contributed by atoms with van der Waals surface area (Å²) >= 11 is 0. The van der Waals surface area contributed by atoms with Gasteiger partial charge in [0.05, 0.1) is 25.3 Å². The maximum atomic E-state index is 11.0. The van der Waals surface area contributed by atoms with E-state index in [1.54, 1.807) is 12.2 Å². The molecule has 7 heteroatoms. The van der Waals surface area contributed by atoms with Crippen molar-refractivity contribution in [3.63, 3.8) is 0 Å². The molecule has 0 saturated heterocycles. The minimum Gasteiger partial charge on any atom is -0.496 e. The standard InChI is InChI=1S/C13H15N3O4/c1-19-11-7-9(13(17)18)8-12(20-2)10(11)5-3-4-6-15-16-14/h3,5,7-8H,4,6H2,1-2H3,(H,17,18). The molecule has 0 aliphatic rings. The van der Waals surface area contributed by atoms with Crippen molar-refractivity contribution in [1.29, 1.82) is 0 Å². The lowest BCUT2D eigenvalue weighted by molar-refractivity contribution is 0.0696. The zero-order valence-electron chi connectivity index (χ0n) is 11.2. The molecule has 20 heavy (non-hydrogen) atoms. The van der Waals surface area contributed by atoms with Gasteiger partial charge in [-0.3, -0.25) is 0 Å². The van der Waals surface area contributed by atoms with Crippen LogP contribution in [-0.4, -0.2) is 31.8 Å². The number of carboxylic acids is 1. The highest BCUT2D eigenvalue weighted by Crippen LogP contribution is 2.32. The van der Waals surface area contributed by atoms with Crippen molar-refractivity contribution in [3.8, 4) is 11.5 Å². The third-order valence-corrected chi connectivity index (χ3v) is 2.53. The Balaban J connectivity index is 3.09. The van der Waals surface area contributed by atoms with Gasteiger partial charge < -0.3 is 14.6 Å². The fourth-order valence-corrected chi connectivity index (χ4v) is 1.60. The average Bonchev–Trinajstić information content (AvgIpc) is 2.46. The van der Waals surface area contributed by atoms with Crippen molar-refractivity contribution in [3.05, 3.63) is 39.8 Å². The van der Waals surface area contributed by atoms with Crippen LogP contribution in [0.2, 0.25) is 0 Å². The van der Waals surface area contributed by atoms with E-state index in [1.807, 2.05) is 0 Å². The number of benzene rings is 1. The van der Waals surface area contributed by atoms with E-state index in [4.69, 9.17) is 20.1 Å². The van der Waals surface area contributed by atoms with Gasteiger partial charge in [-0.25, -0.2) is 4.79 Å². The lowest BCUT2D eigenvalue weighted by atomic mass is 10.1. The fraction of sp³-hybridized carbons (Fsp3) is 0.308. The SMILES string of the molecule is COc1cc(C(=O)O)cc(OC)c1C=CCCN=[N+]=[N-]. The number of ether oxygens (including phenoxy) is 2. The predicted octanol–water partition coefficient (Wildman–Crippen LogP) is 3.12. The second-order valence-electron chi connectivity index (χ2n) is 3.75. The summed E-state index contributed by atoms with van der Waals surface area (Å²) in [6, 6.07) is 2.86. The predicted molar refractivity (Wildman–Crippen MR) is 74.2 cm³/mol. The third-order valence-electron chi connectivity index (χ3n) is 2.53. The lowest BCUT2D eigenvalue weighted by Crippen LogP contribution is -2.00. The molecule has 1 aromatic rings. The Morgan fingerprint density at radius 1 is 1.40 bits per heavy atom. The maximum Gasteiger partial charge on any atom is 0.335 e. The van der Waals surface area contributed by atoms with Gasteiger partial charge in [0, 0.05) is 11.5 Å². The van der Waals surface area contributed by atoms with Crippen molar-refractivity contribution < 1.29 is 19.4 Å². The van der Waals surface area contributed by atoms with Crippen LogP contribution >= 0.6 is 0 Å². The first kappa shape index (κ1) is 15.4. The zero-order chi connectivity index (χ0) is 15.0. The number of methoxy groups -OCH3 is 2. The van der Waals surface area contributed by atoms with E-state index in [2.05, 4.69) is 10.0 Å². The molecule has 0 amide bonds. The van der Waals surface area contributed by atoms with Crippen molar-refractivity contribution in [2.75, 3.05) is 20.8 Å². The Bertz CT molecular complexity index is 538. The Morgan fingerprint density at radius 2 is 2.00 bits per heavy atom. The molecule has 106 valence electrons. The molecule has 0 radical (unpaired) electrons. The minimum atomic E-state index is -1.06. The van der Waals surface area contributed by atoms with Gasteiger partial charge >= 0.3 is 5.97 Å². The first-order chi connectivity index (χ1) is 9.63. The van der Waals surface area contributed by atoms with E-state index in [9.17, 15) is 4.79 Å². The lowest BCUT2D eigenvalue weighted by Gasteiger charge is -2.11. The van der Waals surface area contributed by atoms with Gasteiger partial charge in [0.2, 0.25) is 0 Å². The summed E-state index contributed by atoms with van der Waals surface area (Å²) in [5, 5.41) is 12.4. The number of hydrogen-bond donors (Lipinski definition) is 1. The largest absolute Gasteiger partial charge is 0.496 e. The zero-order valence-corrected chi connectivity index (χ0v) is 11.2. The van der Waals surface area contributed by atoms with E-state index in [1.165, 1.54) is 26.4 Å². The number of azide groups is 1. The second-order valence-corrected chi connectivity index (χ2v) is 3.75. The highest BCUT2D eigenvalue weighted by molar-refractivity contribution is 5.90. The van der Waals surface area contributed by atoms with Crippen LogP contribution in [0.1, 0.15) is 22.3 Å². The van der Waals surface area contributed by atoms with Gasteiger partial charge in [-0.2, -0.15) is 0 Å². The normalized spacial score (nSPS) is 10.1. The molecule has 0 aromatic heterocycles. The molecular weight excluding hydrogens is 262 g/mol. The van der Waals surface area contributed by atoms with Crippen LogP contribution in [0, 0.1) is 0 Å². The summed E-state index contributed by atoms with van der Waals surface area (Å²) < 4.78 is 10.4. The van der Waals surface area contributed by atoms with Crippen molar-refractivity contribution in [2.45, 2.75) is 6.42 Å². The van der Waals surface area contributed by atoms with E-state index in [0.717, 1.165) is 0 Å². The number of aromatic carboxylic acids is 1. The van der Waals surface area contributed by atoms with Crippen LogP contribution in [0.4, 0.5) is 0 Å². The number of carbonyl (C=O) groups is 1. The van der Waals surface area contributed by atoms with Gasteiger partial charge in [-0.1, -0.05) is 17.3 Å². The summed E-state index contributed by atoms with van der Waals surface area (Å²) in [6.45, 7) is 0.352. The van der Waals surface area contributed by atoms with Crippen LogP contribution < -0.4 is 9.47 Å². The number of rotatable bonds is 7. The summed E-state index contributed by atoms with van der Waals surface area (Å²) in [5.74, 6) is -0.246. The van der Waals surface area contributed by atoms with E-state index < -0.39 is 5.97 Å². The van der Waals surface area contributed by atoms with Crippen LogP contribution in [0.25, 0.3) is 16.5 Å². The van der Waals surface area contributed by atoms with Crippen LogP contribution in [0.5, 0.6) is 11.5 Å². The van der Waals surface area contributed by atoms with Crippen LogP contribution in [0.15, 0.2) is 23.3 Å². The van der Waals surface area contributed by atoms with Gasteiger partial charge in [-0.05, 0) is 24.1 Å². The molecule has 1 N–H and O–H groups in total. The van der Waals surface area contributed by atoms with Crippen molar-refractivity contribution in [1.82, 2.24) is 0 Å². The van der Waals surface area contributed by atoms with Gasteiger partial charge in [0.25, 0.3) is 0 Å². The summed E-state index contributed by atoms with van der Waals surface area (Å²) in [4.78, 5) is 13.7. The van der Waals surface area contributed by atoms with Gasteiger partial charge in [0.1, 0.15) is 11.5 Å². The smallest absolute Gasteiger partial charge is 0.335 e. The second kappa shape index (κ2) is 7.70. The molecule has 1 aromatic carbocycles. The Labute approximate surface area is 116 Å². The van der Waals surface area contributed by atoms with E-state index in [-0.39, 0.29) is 5.56 Å². The van der Waals surface area contributed by atoms with Gasteiger partial charge in [0.15, 0.2) is 0 Å². The summed E-state index contributed by atoms with van der Waals surface area (Å²) in [7, 11) is 2.91. The van der Waals surface area contributed by atoms with Crippen molar-refractivity contribution >= 4 is 12.0 Å². The summed E-state index contributed by atoms with van der Waals surface area (Å²) in [5.41, 5.74) is 8.90. The molecular formula is C13H15N3O4. The highest BCUT2D eigenvalue weighted by atomic mass is 16.5. The third kappa shape index (κ3) is 3.93. The Hall–Kier alpha value is -2.66. The molecule has 0 fully saturated rings. The molecule has 0 unspecified atom stereocenters. The molecule has 0 aliphatic carbocycles. The van der Waals surface area contributed by atoms with Crippen LogP contribution in [0.3, 0.4) is 0 Å². The number of nitrogens with zero attached hydrogens (tertiary/aromatic N) is 3. The minimum absolute atomic E-state index is 0.0879. The van der Waals surface area contributed by atoms with Crippen LogP contribution in [-0.2, 0) is 0 Å². The molecule has 0 spiro atoms. The van der Waals surface area contributed by atoms with Crippen molar-refractivity contribution in [2.24, 2.45) is 5.11 Å². The molecule has 0 atom stereocenters. The molecule has 0 saturated carbocycles. The Morgan fingerprint density at radius 3 is 2.45 bits per heavy atom. The number of carboxylic acid groups (broad SMARTS) is 1. The topological polar surface area (TPSA) is 105 Å². The Kier molecular flexibility index (Phi) is 5.93. The monoisotopic (exact) mass is 277 g/mol. The number of hydrogen-bond acceptors (Lipinski definition) is 4. The van der Waals surface area contributed by atoms with E-state index in [0.29, 0.717) is 30.0 Å². The highest BCUT2D eigenvalue weighted by Gasteiger charge is 2.13. The summed E-state index contributed by atoms with van der Waals surface area (Å²) in [6.07, 6.45) is 4.11.